The van der Waals surface area contributed by atoms with Crippen LogP contribution in [0.5, 0.6) is 0 Å². The molecule has 2 amide bonds. The van der Waals surface area contributed by atoms with E-state index in [1.165, 1.54) is 0 Å². The third kappa shape index (κ3) is 1.60. The second-order valence-corrected chi connectivity index (χ2v) is 3.69. The first-order valence-electron chi connectivity index (χ1n) is 4.47. The Balaban J connectivity index is 0.000000845. The van der Waals surface area contributed by atoms with Gasteiger partial charge in [0, 0.05) is 13.6 Å². The SMILES string of the molecule is CN1C(=O)NCC12CCNCC2.Cl. The molecule has 2 fully saturated rings. The number of rotatable bonds is 0. The van der Waals surface area contributed by atoms with Crippen LogP contribution in [0.4, 0.5) is 4.79 Å². The van der Waals surface area contributed by atoms with Gasteiger partial charge in [-0.15, -0.1) is 12.4 Å². The van der Waals surface area contributed by atoms with Crippen LogP contribution in [-0.4, -0.2) is 43.2 Å². The molecule has 0 aromatic carbocycles. The molecule has 2 aliphatic rings. The molecule has 76 valence electrons. The summed E-state index contributed by atoms with van der Waals surface area (Å²) in [4.78, 5) is 13.1. The van der Waals surface area contributed by atoms with Crippen molar-refractivity contribution in [3.63, 3.8) is 0 Å². The molecule has 0 atom stereocenters. The second-order valence-electron chi connectivity index (χ2n) is 3.69. The zero-order chi connectivity index (χ0) is 8.60. The van der Waals surface area contributed by atoms with Crippen molar-refractivity contribution in [2.45, 2.75) is 18.4 Å². The number of carbonyl (C=O) groups excluding carboxylic acids is 1. The third-order valence-electron chi connectivity index (χ3n) is 3.12. The summed E-state index contributed by atoms with van der Waals surface area (Å²) >= 11 is 0. The van der Waals surface area contributed by atoms with Crippen molar-refractivity contribution >= 4 is 18.4 Å². The summed E-state index contributed by atoms with van der Waals surface area (Å²) in [6.07, 6.45) is 2.14. The number of likely N-dealkylation sites (N-methyl/N-ethyl adjacent to an activating group) is 1. The van der Waals surface area contributed by atoms with Crippen molar-refractivity contribution in [2.75, 3.05) is 26.7 Å². The van der Waals surface area contributed by atoms with E-state index in [0.29, 0.717) is 0 Å². The van der Waals surface area contributed by atoms with Crippen LogP contribution in [-0.2, 0) is 0 Å². The summed E-state index contributed by atoms with van der Waals surface area (Å²) in [6, 6.07) is 0.0805. The van der Waals surface area contributed by atoms with Gasteiger partial charge in [-0.05, 0) is 25.9 Å². The first-order valence-corrected chi connectivity index (χ1v) is 4.47. The highest BCUT2D eigenvalue weighted by Crippen LogP contribution is 2.27. The molecule has 13 heavy (non-hydrogen) atoms. The van der Waals surface area contributed by atoms with E-state index < -0.39 is 0 Å². The minimum absolute atomic E-state index is 0. The number of amides is 2. The van der Waals surface area contributed by atoms with E-state index in [1.807, 2.05) is 11.9 Å². The van der Waals surface area contributed by atoms with Gasteiger partial charge in [0.05, 0.1) is 5.54 Å². The molecule has 4 nitrogen and oxygen atoms in total. The van der Waals surface area contributed by atoms with Gasteiger partial charge in [0.15, 0.2) is 0 Å². The lowest BCUT2D eigenvalue weighted by Gasteiger charge is -2.38. The van der Waals surface area contributed by atoms with Crippen molar-refractivity contribution in [3.8, 4) is 0 Å². The molecule has 2 aliphatic heterocycles. The lowest BCUT2D eigenvalue weighted by molar-refractivity contribution is 0.148. The lowest BCUT2D eigenvalue weighted by Crippen LogP contribution is -2.51. The van der Waals surface area contributed by atoms with E-state index in [0.717, 1.165) is 32.5 Å². The summed E-state index contributed by atoms with van der Waals surface area (Å²) in [5.74, 6) is 0. The van der Waals surface area contributed by atoms with E-state index in [4.69, 9.17) is 0 Å². The average molecular weight is 206 g/mol. The highest BCUT2D eigenvalue weighted by molar-refractivity contribution is 5.85. The van der Waals surface area contributed by atoms with E-state index in [-0.39, 0.29) is 24.0 Å². The van der Waals surface area contributed by atoms with Gasteiger partial charge in [0.1, 0.15) is 0 Å². The molecule has 0 radical (unpaired) electrons. The van der Waals surface area contributed by atoms with Crippen LogP contribution in [0.15, 0.2) is 0 Å². The molecule has 2 N–H and O–H groups in total. The van der Waals surface area contributed by atoms with Gasteiger partial charge in [-0.25, -0.2) is 4.79 Å². The van der Waals surface area contributed by atoms with Gasteiger partial charge < -0.3 is 15.5 Å². The summed E-state index contributed by atoms with van der Waals surface area (Å²) < 4.78 is 0. The number of hydrogen-bond acceptors (Lipinski definition) is 2. The maximum atomic E-state index is 11.2. The van der Waals surface area contributed by atoms with Crippen LogP contribution in [0, 0.1) is 0 Å². The van der Waals surface area contributed by atoms with E-state index >= 15 is 0 Å². The Hall–Kier alpha value is -0.480. The molecular weight excluding hydrogens is 190 g/mol. The quantitative estimate of drug-likeness (QED) is 0.593. The lowest BCUT2D eigenvalue weighted by atomic mass is 9.88. The van der Waals surface area contributed by atoms with Crippen molar-refractivity contribution in [1.82, 2.24) is 15.5 Å². The van der Waals surface area contributed by atoms with Crippen molar-refractivity contribution < 1.29 is 4.79 Å². The fourth-order valence-corrected chi connectivity index (χ4v) is 2.10. The summed E-state index contributed by atoms with van der Waals surface area (Å²) in [6.45, 7) is 2.88. The Bertz CT molecular complexity index is 204. The number of hydrogen-bond donors (Lipinski definition) is 2. The van der Waals surface area contributed by atoms with E-state index in [9.17, 15) is 4.79 Å². The predicted molar refractivity (Wildman–Crippen MR) is 53.2 cm³/mol. The Morgan fingerprint density at radius 1 is 1.38 bits per heavy atom. The molecule has 5 heteroatoms. The molecule has 0 bridgehead atoms. The molecule has 1 spiro atoms. The second kappa shape index (κ2) is 3.72. The van der Waals surface area contributed by atoms with Gasteiger partial charge >= 0.3 is 6.03 Å². The van der Waals surface area contributed by atoms with Gasteiger partial charge in [-0.2, -0.15) is 0 Å². The highest BCUT2D eigenvalue weighted by Gasteiger charge is 2.43. The number of piperidine rings is 1. The molecular formula is C8H16ClN3O. The third-order valence-corrected chi connectivity index (χ3v) is 3.12. The van der Waals surface area contributed by atoms with Crippen molar-refractivity contribution in [3.05, 3.63) is 0 Å². The molecule has 2 rings (SSSR count). The maximum Gasteiger partial charge on any atom is 0.317 e. The Labute approximate surface area is 84.5 Å². The van der Waals surface area contributed by atoms with Gasteiger partial charge in [-0.3, -0.25) is 0 Å². The maximum absolute atomic E-state index is 11.2. The molecule has 0 aromatic heterocycles. The predicted octanol–water partition coefficient (Wildman–Crippen LogP) is 0.185. The van der Waals surface area contributed by atoms with Crippen molar-refractivity contribution in [2.24, 2.45) is 0 Å². The fourth-order valence-electron chi connectivity index (χ4n) is 2.10. The van der Waals surface area contributed by atoms with Crippen molar-refractivity contribution in [1.29, 1.82) is 0 Å². The van der Waals surface area contributed by atoms with E-state index in [1.54, 1.807) is 0 Å². The standard InChI is InChI=1S/C8H15N3O.ClH/c1-11-7(12)10-6-8(11)2-4-9-5-3-8;/h9H,2-6H2,1H3,(H,10,12);1H. The zero-order valence-corrected chi connectivity index (χ0v) is 8.62. The largest absolute Gasteiger partial charge is 0.336 e. The number of urea groups is 1. The monoisotopic (exact) mass is 205 g/mol. The number of nitrogens with zero attached hydrogens (tertiary/aromatic N) is 1. The van der Waals surface area contributed by atoms with Crippen LogP contribution < -0.4 is 10.6 Å². The zero-order valence-electron chi connectivity index (χ0n) is 7.80. The van der Waals surface area contributed by atoms with Gasteiger partial charge in [0.25, 0.3) is 0 Å². The number of carbonyl (C=O) groups is 1. The summed E-state index contributed by atoms with van der Waals surface area (Å²) in [5.41, 5.74) is 0.113. The average Bonchev–Trinajstić information content (AvgIpc) is 2.37. The Kier molecular flexibility index (Phi) is 3.03. The number of nitrogens with one attached hydrogen (secondary N) is 2. The molecule has 2 heterocycles. The van der Waals surface area contributed by atoms with E-state index in [2.05, 4.69) is 10.6 Å². The summed E-state index contributed by atoms with van der Waals surface area (Å²) in [5, 5.41) is 6.19. The minimum Gasteiger partial charge on any atom is -0.336 e. The molecule has 2 saturated heterocycles. The first-order chi connectivity index (χ1) is 5.75. The van der Waals surface area contributed by atoms with Crippen LogP contribution in [0.3, 0.4) is 0 Å². The van der Waals surface area contributed by atoms with Gasteiger partial charge in [-0.1, -0.05) is 0 Å². The number of halogens is 1. The van der Waals surface area contributed by atoms with Gasteiger partial charge in [0.2, 0.25) is 0 Å². The Morgan fingerprint density at radius 3 is 2.46 bits per heavy atom. The molecule has 0 saturated carbocycles. The van der Waals surface area contributed by atoms with Crippen LogP contribution in [0.2, 0.25) is 0 Å². The van der Waals surface area contributed by atoms with Crippen LogP contribution in [0.1, 0.15) is 12.8 Å². The smallest absolute Gasteiger partial charge is 0.317 e. The topological polar surface area (TPSA) is 44.4 Å². The summed E-state index contributed by atoms with van der Waals surface area (Å²) in [7, 11) is 1.90. The minimum atomic E-state index is 0. The molecule has 0 aromatic rings. The highest BCUT2D eigenvalue weighted by atomic mass is 35.5. The molecule has 0 unspecified atom stereocenters. The normalized spacial score (nSPS) is 25.6. The van der Waals surface area contributed by atoms with Crippen LogP contribution >= 0.6 is 12.4 Å². The fraction of sp³-hybridized carbons (Fsp3) is 0.875. The van der Waals surface area contributed by atoms with Crippen LogP contribution in [0.25, 0.3) is 0 Å². The molecule has 0 aliphatic carbocycles. The first kappa shape index (κ1) is 10.6. The Morgan fingerprint density at radius 2 is 2.00 bits per heavy atom.